The van der Waals surface area contributed by atoms with E-state index in [1.54, 1.807) is 0 Å². The normalized spacial score (nSPS) is 16.1. The third kappa shape index (κ3) is 2.80. The molecule has 0 saturated carbocycles. The zero-order chi connectivity index (χ0) is 13.8. The van der Waals surface area contributed by atoms with Gasteiger partial charge in [0.15, 0.2) is 0 Å². The molecule has 0 atom stereocenters. The largest absolute Gasteiger partial charge is 0.451 e. The van der Waals surface area contributed by atoms with E-state index in [2.05, 4.69) is 24.3 Å². The summed E-state index contributed by atoms with van der Waals surface area (Å²) in [5.74, 6) is -0.253. The van der Waals surface area contributed by atoms with Gasteiger partial charge in [0.25, 0.3) is 0 Å². The molecule has 0 fully saturated rings. The van der Waals surface area contributed by atoms with Crippen LogP contribution in [0.15, 0.2) is 72.8 Å². The minimum Gasteiger partial charge on any atom is -0.451 e. The molecule has 100 valence electrons. The van der Waals surface area contributed by atoms with Gasteiger partial charge in [-0.2, -0.15) is 0 Å². The average molecular weight is 264 g/mol. The summed E-state index contributed by atoms with van der Waals surface area (Å²) in [5.41, 5.74) is 1.78. The van der Waals surface area contributed by atoms with Crippen molar-refractivity contribution in [2.24, 2.45) is 0 Å². The lowest BCUT2D eigenvalue weighted by atomic mass is 9.88. The van der Waals surface area contributed by atoms with E-state index in [0.717, 1.165) is 0 Å². The van der Waals surface area contributed by atoms with E-state index in [1.165, 1.54) is 17.2 Å². The van der Waals surface area contributed by atoms with E-state index in [-0.39, 0.29) is 5.97 Å². The number of carbonyl (C=O) groups is 1. The Kier molecular flexibility index (Phi) is 3.38. The van der Waals surface area contributed by atoms with Gasteiger partial charge >= 0.3 is 5.97 Å². The maximum absolute atomic E-state index is 11.5. The van der Waals surface area contributed by atoms with Gasteiger partial charge in [-0.05, 0) is 17.2 Å². The molecular formula is C18H16O2. The molecule has 0 aliphatic carbocycles. The summed E-state index contributed by atoms with van der Waals surface area (Å²) >= 11 is 0. The first-order valence-corrected chi connectivity index (χ1v) is 6.76. The monoisotopic (exact) mass is 264 g/mol. The Morgan fingerprint density at radius 2 is 1.30 bits per heavy atom. The first-order chi connectivity index (χ1) is 9.76. The smallest absolute Gasteiger partial charge is 0.331 e. The van der Waals surface area contributed by atoms with Gasteiger partial charge in [0, 0.05) is 18.9 Å². The zero-order valence-corrected chi connectivity index (χ0v) is 11.2. The SMILES string of the molecule is O=C1C=CC(Cc2ccccc2)(Cc2ccccc2)O1. The standard InChI is InChI=1S/C18H16O2/c19-17-11-12-18(20-17,13-15-7-3-1-4-8-15)14-16-9-5-2-6-10-16/h1-12H,13-14H2. The summed E-state index contributed by atoms with van der Waals surface area (Å²) in [7, 11) is 0. The molecule has 20 heavy (non-hydrogen) atoms. The molecular weight excluding hydrogens is 248 g/mol. The van der Waals surface area contributed by atoms with Crippen LogP contribution < -0.4 is 0 Å². The Morgan fingerprint density at radius 1 is 0.800 bits per heavy atom. The van der Waals surface area contributed by atoms with Crippen molar-refractivity contribution in [3.05, 3.63) is 83.9 Å². The summed E-state index contributed by atoms with van der Waals surface area (Å²) in [6.45, 7) is 0. The van der Waals surface area contributed by atoms with Gasteiger partial charge in [-0.15, -0.1) is 0 Å². The predicted molar refractivity (Wildman–Crippen MR) is 78.3 cm³/mol. The van der Waals surface area contributed by atoms with Crippen molar-refractivity contribution in [3.63, 3.8) is 0 Å². The zero-order valence-electron chi connectivity index (χ0n) is 11.2. The molecule has 0 bridgehead atoms. The lowest BCUT2D eigenvalue weighted by molar-refractivity contribution is -0.145. The number of benzene rings is 2. The quantitative estimate of drug-likeness (QED) is 0.792. The maximum atomic E-state index is 11.5. The summed E-state index contributed by atoms with van der Waals surface area (Å²) in [4.78, 5) is 11.5. The third-order valence-electron chi connectivity index (χ3n) is 3.52. The van der Waals surface area contributed by atoms with Crippen molar-refractivity contribution in [2.75, 3.05) is 0 Å². The summed E-state index contributed by atoms with van der Waals surface area (Å²) < 4.78 is 5.61. The van der Waals surface area contributed by atoms with Crippen LogP contribution in [-0.2, 0) is 22.4 Å². The fraction of sp³-hybridized carbons (Fsp3) is 0.167. The van der Waals surface area contributed by atoms with Crippen LogP contribution in [0.2, 0.25) is 0 Å². The first-order valence-electron chi connectivity index (χ1n) is 6.76. The van der Waals surface area contributed by atoms with Crippen LogP contribution >= 0.6 is 0 Å². The van der Waals surface area contributed by atoms with Crippen molar-refractivity contribution in [1.82, 2.24) is 0 Å². The fourth-order valence-corrected chi connectivity index (χ4v) is 2.62. The second kappa shape index (κ2) is 5.33. The minimum absolute atomic E-state index is 0.253. The Bertz CT molecular complexity index is 573. The third-order valence-corrected chi connectivity index (χ3v) is 3.52. The number of rotatable bonds is 4. The number of esters is 1. The highest BCUT2D eigenvalue weighted by Gasteiger charge is 2.35. The molecule has 0 unspecified atom stereocenters. The highest BCUT2D eigenvalue weighted by atomic mass is 16.6. The number of cyclic esters (lactones) is 1. The minimum atomic E-state index is -0.556. The molecule has 0 radical (unpaired) electrons. The molecule has 0 amide bonds. The molecule has 2 aromatic carbocycles. The number of hydrogen-bond acceptors (Lipinski definition) is 2. The second-order valence-electron chi connectivity index (χ2n) is 5.14. The Hall–Kier alpha value is -2.35. The molecule has 1 aliphatic rings. The molecule has 0 spiro atoms. The highest BCUT2D eigenvalue weighted by molar-refractivity contribution is 5.85. The Morgan fingerprint density at radius 3 is 1.70 bits per heavy atom. The van der Waals surface area contributed by atoms with Crippen LogP contribution in [0.4, 0.5) is 0 Å². The molecule has 1 heterocycles. The Balaban J connectivity index is 1.86. The number of carbonyl (C=O) groups excluding carboxylic acids is 1. The van der Waals surface area contributed by atoms with E-state index in [4.69, 9.17) is 4.74 Å². The van der Waals surface area contributed by atoms with Gasteiger partial charge in [-0.25, -0.2) is 4.79 Å². The molecule has 2 nitrogen and oxygen atoms in total. The van der Waals surface area contributed by atoms with Crippen LogP contribution in [0.3, 0.4) is 0 Å². The van der Waals surface area contributed by atoms with Gasteiger partial charge in [0.2, 0.25) is 0 Å². The van der Waals surface area contributed by atoms with Crippen LogP contribution in [0, 0.1) is 0 Å². The van der Waals surface area contributed by atoms with Crippen molar-refractivity contribution < 1.29 is 9.53 Å². The van der Waals surface area contributed by atoms with Crippen LogP contribution in [0.5, 0.6) is 0 Å². The lowest BCUT2D eigenvalue weighted by Crippen LogP contribution is -2.33. The molecule has 0 aromatic heterocycles. The molecule has 0 N–H and O–H groups in total. The average Bonchev–Trinajstić information content (AvgIpc) is 2.82. The predicted octanol–water partition coefficient (Wildman–Crippen LogP) is 3.32. The topological polar surface area (TPSA) is 26.3 Å². The molecule has 0 saturated heterocycles. The van der Waals surface area contributed by atoms with Crippen molar-refractivity contribution in [2.45, 2.75) is 18.4 Å². The van der Waals surface area contributed by atoms with Crippen molar-refractivity contribution >= 4 is 5.97 Å². The van der Waals surface area contributed by atoms with Crippen LogP contribution in [0.1, 0.15) is 11.1 Å². The number of ether oxygens (including phenoxy) is 1. The Labute approximate surface area is 118 Å². The van der Waals surface area contributed by atoms with Crippen LogP contribution in [0.25, 0.3) is 0 Å². The second-order valence-corrected chi connectivity index (χ2v) is 5.14. The van der Waals surface area contributed by atoms with Gasteiger partial charge < -0.3 is 4.74 Å². The van der Waals surface area contributed by atoms with Crippen LogP contribution in [-0.4, -0.2) is 11.6 Å². The summed E-state index contributed by atoms with van der Waals surface area (Å²) in [6, 6.07) is 20.3. The first kappa shape index (κ1) is 12.7. The van der Waals surface area contributed by atoms with E-state index < -0.39 is 5.60 Å². The molecule has 2 heteroatoms. The van der Waals surface area contributed by atoms with E-state index >= 15 is 0 Å². The van der Waals surface area contributed by atoms with Gasteiger partial charge in [-0.1, -0.05) is 60.7 Å². The van der Waals surface area contributed by atoms with E-state index in [1.807, 2.05) is 42.5 Å². The van der Waals surface area contributed by atoms with Crippen molar-refractivity contribution in [1.29, 1.82) is 0 Å². The lowest BCUT2D eigenvalue weighted by Gasteiger charge is -2.27. The van der Waals surface area contributed by atoms with Gasteiger partial charge in [0.1, 0.15) is 5.60 Å². The summed E-state index contributed by atoms with van der Waals surface area (Å²) in [6.07, 6.45) is 4.83. The maximum Gasteiger partial charge on any atom is 0.331 e. The highest BCUT2D eigenvalue weighted by Crippen LogP contribution is 2.29. The molecule has 2 aromatic rings. The van der Waals surface area contributed by atoms with E-state index in [9.17, 15) is 4.79 Å². The molecule has 3 rings (SSSR count). The van der Waals surface area contributed by atoms with Gasteiger partial charge in [-0.3, -0.25) is 0 Å². The van der Waals surface area contributed by atoms with E-state index in [0.29, 0.717) is 12.8 Å². The van der Waals surface area contributed by atoms with Gasteiger partial charge in [0.05, 0.1) is 0 Å². The fourth-order valence-electron chi connectivity index (χ4n) is 2.62. The number of hydrogen-bond donors (Lipinski definition) is 0. The summed E-state index contributed by atoms with van der Waals surface area (Å²) in [5, 5.41) is 0. The van der Waals surface area contributed by atoms with Crippen molar-refractivity contribution in [3.8, 4) is 0 Å². The molecule has 1 aliphatic heterocycles.